The number of rotatable bonds is 3. The van der Waals surface area contributed by atoms with Crippen LogP contribution in [0.5, 0.6) is 0 Å². The summed E-state index contributed by atoms with van der Waals surface area (Å²) in [6.45, 7) is 4.20. The number of thiophene rings is 1. The normalized spacial score (nSPS) is 16.1. The molecule has 7 heteroatoms. The largest absolute Gasteiger partial charge is 0.335 e. The Morgan fingerprint density at radius 1 is 1.24 bits per heavy atom. The van der Waals surface area contributed by atoms with Gasteiger partial charge in [0.25, 0.3) is 5.91 Å². The van der Waals surface area contributed by atoms with Gasteiger partial charge in [0, 0.05) is 50.0 Å². The molecule has 1 aliphatic heterocycles. The van der Waals surface area contributed by atoms with Crippen LogP contribution in [0, 0.1) is 0 Å². The molecule has 5 nitrogen and oxygen atoms in total. The van der Waals surface area contributed by atoms with Gasteiger partial charge in [-0.05, 0) is 28.1 Å². The van der Waals surface area contributed by atoms with Crippen molar-refractivity contribution >= 4 is 33.2 Å². The zero-order chi connectivity index (χ0) is 14.7. The summed E-state index contributed by atoms with van der Waals surface area (Å²) in [5.74, 6) is -0.0263. The van der Waals surface area contributed by atoms with Gasteiger partial charge in [-0.2, -0.15) is 0 Å². The molecular weight excluding hydrogens is 352 g/mol. The van der Waals surface area contributed by atoms with Crippen LogP contribution in [0.25, 0.3) is 0 Å². The van der Waals surface area contributed by atoms with Crippen LogP contribution in [-0.2, 0) is 6.54 Å². The average Bonchev–Trinajstić information content (AvgIpc) is 2.93. The third-order valence-electron chi connectivity index (χ3n) is 3.45. The molecule has 0 spiro atoms. The van der Waals surface area contributed by atoms with E-state index in [0.717, 1.165) is 36.5 Å². The molecule has 0 saturated carbocycles. The van der Waals surface area contributed by atoms with Crippen LogP contribution in [0.3, 0.4) is 0 Å². The fraction of sp³-hybridized carbons (Fsp3) is 0.357. The van der Waals surface area contributed by atoms with E-state index in [0.29, 0.717) is 5.69 Å². The van der Waals surface area contributed by atoms with Gasteiger partial charge in [-0.25, -0.2) is 4.98 Å². The Bertz CT molecular complexity index is 610. The minimum atomic E-state index is -0.0263. The van der Waals surface area contributed by atoms with Gasteiger partial charge >= 0.3 is 0 Å². The summed E-state index contributed by atoms with van der Waals surface area (Å²) in [5, 5.41) is 0. The first-order chi connectivity index (χ1) is 10.2. The second-order valence-electron chi connectivity index (χ2n) is 4.86. The number of hydrogen-bond acceptors (Lipinski definition) is 5. The van der Waals surface area contributed by atoms with E-state index in [1.165, 1.54) is 11.1 Å². The van der Waals surface area contributed by atoms with Crippen LogP contribution >= 0.6 is 27.3 Å². The summed E-state index contributed by atoms with van der Waals surface area (Å²) >= 11 is 5.25. The fourth-order valence-corrected chi connectivity index (χ4v) is 3.86. The van der Waals surface area contributed by atoms with E-state index in [4.69, 9.17) is 0 Å². The smallest absolute Gasteiger partial charge is 0.274 e. The summed E-state index contributed by atoms with van der Waals surface area (Å²) in [4.78, 5) is 25.9. The minimum absolute atomic E-state index is 0.0263. The van der Waals surface area contributed by atoms with E-state index in [1.54, 1.807) is 23.7 Å². The highest BCUT2D eigenvalue weighted by atomic mass is 79.9. The van der Waals surface area contributed by atoms with E-state index < -0.39 is 0 Å². The van der Waals surface area contributed by atoms with Gasteiger partial charge < -0.3 is 4.90 Å². The van der Waals surface area contributed by atoms with Crippen molar-refractivity contribution in [3.63, 3.8) is 0 Å². The summed E-state index contributed by atoms with van der Waals surface area (Å²) in [7, 11) is 0. The standard InChI is InChI=1S/C14H15BrN4OS/c15-13-2-1-11(21-13)10-18-5-7-19(8-6-18)14(20)12-9-16-3-4-17-12/h1-4,9H,5-8,10H2. The molecule has 0 unspecified atom stereocenters. The summed E-state index contributed by atoms with van der Waals surface area (Å²) in [6.07, 6.45) is 4.66. The van der Waals surface area contributed by atoms with E-state index in [9.17, 15) is 4.79 Å². The van der Waals surface area contributed by atoms with Crippen LogP contribution in [0.1, 0.15) is 15.4 Å². The lowest BCUT2D eigenvalue weighted by Gasteiger charge is -2.34. The third-order valence-corrected chi connectivity index (χ3v) is 5.06. The molecule has 0 bridgehead atoms. The number of hydrogen-bond donors (Lipinski definition) is 0. The number of aromatic nitrogens is 2. The summed E-state index contributed by atoms with van der Waals surface area (Å²) in [6, 6.07) is 4.22. The molecule has 0 aromatic carbocycles. The molecule has 1 amide bonds. The Labute approximate surface area is 135 Å². The molecule has 2 aromatic rings. The second kappa shape index (κ2) is 6.64. The highest BCUT2D eigenvalue weighted by Gasteiger charge is 2.23. The van der Waals surface area contributed by atoms with Crippen molar-refractivity contribution in [3.05, 3.63) is 45.1 Å². The molecule has 3 heterocycles. The maximum absolute atomic E-state index is 12.3. The topological polar surface area (TPSA) is 49.3 Å². The molecule has 0 aliphatic carbocycles. The number of halogens is 1. The number of carbonyl (C=O) groups is 1. The first kappa shape index (κ1) is 14.6. The Balaban J connectivity index is 1.54. The van der Waals surface area contributed by atoms with Gasteiger partial charge in [-0.1, -0.05) is 0 Å². The predicted molar refractivity (Wildman–Crippen MR) is 85.2 cm³/mol. The van der Waals surface area contributed by atoms with E-state index in [2.05, 4.69) is 42.9 Å². The molecule has 0 radical (unpaired) electrons. The fourth-order valence-electron chi connectivity index (χ4n) is 2.34. The Morgan fingerprint density at radius 3 is 2.67 bits per heavy atom. The maximum atomic E-state index is 12.3. The van der Waals surface area contributed by atoms with Gasteiger partial charge in [-0.3, -0.25) is 14.7 Å². The third kappa shape index (κ3) is 3.66. The van der Waals surface area contributed by atoms with Crippen LogP contribution < -0.4 is 0 Å². The lowest BCUT2D eigenvalue weighted by atomic mass is 10.2. The predicted octanol–water partition coefficient (Wildman–Crippen LogP) is 2.26. The van der Waals surface area contributed by atoms with Crippen molar-refractivity contribution in [2.75, 3.05) is 26.2 Å². The highest BCUT2D eigenvalue weighted by Crippen LogP contribution is 2.23. The lowest BCUT2D eigenvalue weighted by Crippen LogP contribution is -2.48. The van der Waals surface area contributed by atoms with Crippen molar-refractivity contribution in [2.24, 2.45) is 0 Å². The number of piperazine rings is 1. The monoisotopic (exact) mass is 366 g/mol. The number of amides is 1. The van der Waals surface area contributed by atoms with Crippen molar-refractivity contribution in [2.45, 2.75) is 6.54 Å². The second-order valence-corrected chi connectivity index (χ2v) is 7.41. The van der Waals surface area contributed by atoms with Crippen LogP contribution in [0.15, 0.2) is 34.5 Å². The van der Waals surface area contributed by atoms with E-state index in [-0.39, 0.29) is 5.91 Å². The zero-order valence-electron chi connectivity index (χ0n) is 11.4. The molecule has 3 rings (SSSR count). The molecule has 1 fully saturated rings. The lowest BCUT2D eigenvalue weighted by molar-refractivity contribution is 0.0623. The molecular formula is C14H15BrN4OS. The average molecular weight is 367 g/mol. The molecule has 21 heavy (non-hydrogen) atoms. The molecule has 2 aromatic heterocycles. The Kier molecular flexibility index (Phi) is 4.62. The molecule has 1 aliphatic rings. The van der Waals surface area contributed by atoms with Crippen LogP contribution in [0.4, 0.5) is 0 Å². The molecule has 0 atom stereocenters. The van der Waals surface area contributed by atoms with Crippen molar-refractivity contribution in [1.29, 1.82) is 0 Å². The maximum Gasteiger partial charge on any atom is 0.274 e. The summed E-state index contributed by atoms with van der Waals surface area (Å²) < 4.78 is 1.16. The van der Waals surface area contributed by atoms with Gasteiger partial charge in [0.1, 0.15) is 5.69 Å². The van der Waals surface area contributed by atoms with Crippen LogP contribution in [-0.4, -0.2) is 51.9 Å². The zero-order valence-corrected chi connectivity index (χ0v) is 13.8. The molecule has 0 N–H and O–H groups in total. The number of nitrogens with zero attached hydrogens (tertiary/aromatic N) is 4. The van der Waals surface area contributed by atoms with Crippen molar-refractivity contribution in [1.82, 2.24) is 19.8 Å². The molecule has 1 saturated heterocycles. The Hall–Kier alpha value is -1.31. The van der Waals surface area contributed by atoms with Gasteiger partial charge in [0.2, 0.25) is 0 Å². The Morgan fingerprint density at radius 2 is 2.05 bits per heavy atom. The minimum Gasteiger partial charge on any atom is -0.335 e. The van der Waals surface area contributed by atoms with Crippen LogP contribution in [0.2, 0.25) is 0 Å². The van der Waals surface area contributed by atoms with Gasteiger partial charge in [0.15, 0.2) is 0 Å². The van der Waals surface area contributed by atoms with Crippen molar-refractivity contribution in [3.8, 4) is 0 Å². The SMILES string of the molecule is O=C(c1cnccn1)N1CCN(Cc2ccc(Br)s2)CC1. The first-order valence-electron chi connectivity index (χ1n) is 6.74. The van der Waals surface area contributed by atoms with E-state index in [1.807, 2.05) is 4.90 Å². The van der Waals surface area contributed by atoms with Gasteiger partial charge in [-0.15, -0.1) is 11.3 Å². The van der Waals surface area contributed by atoms with Gasteiger partial charge in [0.05, 0.1) is 9.98 Å². The van der Waals surface area contributed by atoms with Crippen molar-refractivity contribution < 1.29 is 4.79 Å². The van der Waals surface area contributed by atoms with E-state index >= 15 is 0 Å². The first-order valence-corrected chi connectivity index (χ1v) is 8.35. The molecule has 110 valence electrons. The summed E-state index contributed by atoms with van der Waals surface area (Å²) in [5.41, 5.74) is 0.424. The number of carbonyl (C=O) groups excluding carboxylic acids is 1. The quantitative estimate of drug-likeness (QED) is 0.835. The highest BCUT2D eigenvalue weighted by molar-refractivity contribution is 9.11.